The maximum absolute atomic E-state index is 11.5. The van der Waals surface area contributed by atoms with E-state index in [2.05, 4.69) is 0 Å². The van der Waals surface area contributed by atoms with Gasteiger partial charge in [-0.3, -0.25) is 0 Å². The van der Waals surface area contributed by atoms with Crippen molar-refractivity contribution in [3.63, 3.8) is 0 Å². The molecule has 0 amide bonds. The molecule has 1 aliphatic carbocycles. The van der Waals surface area contributed by atoms with Crippen molar-refractivity contribution in [1.29, 1.82) is 0 Å². The smallest absolute Gasteiger partial charge is 0.338 e. The largest absolute Gasteiger partial charge is 0.455 e. The fraction of sp³-hybridized carbons (Fsp3) is 0.909. The van der Waals surface area contributed by atoms with Gasteiger partial charge in [-0.25, -0.2) is 4.79 Å². The fourth-order valence-corrected chi connectivity index (χ4v) is 2.84. The summed E-state index contributed by atoms with van der Waals surface area (Å²) in [5.41, 5.74) is 0. The summed E-state index contributed by atoms with van der Waals surface area (Å²) in [7, 11) is 0. The standard InChI is InChI=1S/C11H16O5/c12-6-7-8-9(10(13)14-7)16-11(15-8)4-2-1-3-5-11/h7-9,12H,1-6H2/t7-,8+,9+/m0/s1. The summed E-state index contributed by atoms with van der Waals surface area (Å²) in [5, 5.41) is 9.10. The van der Waals surface area contributed by atoms with Crippen molar-refractivity contribution in [1.82, 2.24) is 0 Å². The van der Waals surface area contributed by atoms with E-state index in [9.17, 15) is 4.79 Å². The summed E-state index contributed by atoms with van der Waals surface area (Å²) in [5.74, 6) is -0.980. The van der Waals surface area contributed by atoms with Crippen LogP contribution < -0.4 is 0 Å². The van der Waals surface area contributed by atoms with Crippen LogP contribution in [-0.2, 0) is 19.0 Å². The molecule has 3 fully saturated rings. The van der Waals surface area contributed by atoms with Gasteiger partial charge in [0, 0.05) is 12.8 Å². The van der Waals surface area contributed by atoms with Crippen molar-refractivity contribution in [3.05, 3.63) is 0 Å². The average molecular weight is 228 g/mol. The van der Waals surface area contributed by atoms with Gasteiger partial charge in [0.05, 0.1) is 6.61 Å². The lowest BCUT2D eigenvalue weighted by Gasteiger charge is -2.32. The Kier molecular flexibility index (Phi) is 2.42. The number of ether oxygens (including phenoxy) is 3. The van der Waals surface area contributed by atoms with Crippen molar-refractivity contribution in [3.8, 4) is 0 Å². The highest BCUT2D eigenvalue weighted by Crippen LogP contribution is 2.44. The summed E-state index contributed by atoms with van der Waals surface area (Å²) in [4.78, 5) is 11.5. The number of hydrogen-bond acceptors (Lipinski definition) is 5. The van der Waals surface area contributed by atoms with Crippen LogP contribution in [-0.4, -0.2) is 41.8 Å². The topological polar surface area (TPSA) is 65.0 Å². The van der Waals surface area contributed by atoms with Crippen LogP contribution in [0.4, 0.5) is 0 Å². The number of carbonyl (C=O) groups excluding carboxylic acids is 1. The Morgan fingerprint density at radius 2 is 2.00 bits per heavy atom. The minimum absolute atomic E-state index is 0.202. The van der Waals surface area contributed by atoms with E-state index < -0.39 is 30.1 Å². The monoisotopic (exact) mass is 228 g/mol. The van der Waals surface area contributed by atoms with Crippen molar-refractivity contribution < 1.29 is 24.1 Å². The number of rotatable bonds is 1. The number of carbonyl (C=O) groups is 1. The van der Waals surface area contributed by atoms with Crippen LogP contribution >= 0.6 is 0 Å². The molecule has 0 aromatic rings. The molecule has 2 saturated heterocycles. The van der Waals surface area contributed by atoms with E-state index in [-0.39, 0.29) is 6.61 Å². The molecule has 3 rings (SSSR count). The Bertz CT molecular complexity index is 297. The average Bonchev–Trinajstić information content (AvgIpc) is 2.78. The molecule has 0 bridgehead atoms. The van der Waals surface area contributed by atoms with Crippen LogP contribution in [0.1, 0.15) is 32.1 Å². The van der Waals surface area contributed by atoms with Gasteiger partial charge in [0.25, 0.3) is 0 Å². The molecule has 1 saturated carbocycles. The molecule has 5 nitrogen and oxygen atoms in total. The predicted octanol–water partition coefficient (Wildman–Crippen LogP) is 0.348. The maximum atomic E-state index is 11.5. The predicted molar refractivity (Wildman–Crippen MR) is 52.5 cm³/mol. The Balaban J connectivity index is 1.78. The summed E-state index contributed by atoms with van der Waals surface area (Å²) in [6.07, 6.45) is 3.40. The van der Waals surface area contributed by atoms with Gasteiger partial charge in [-0.15, -0.1) is 0 Å². The number of esters is 1. The van der Waals surface area contributed by atoms with Gasteiger partial charge in [-0.2, -0.15) is 0 Å². The van der Waals surface area contributed by atoms with E-state index in [0.717, 1.165) is 25.7 Å². The van der Waals surface area contributed by atoms with Crippen molar-refractivity contribution in [2.24, 2.45) is 0 Å². The van der Waals surface area contributed by atoms with Gasteiger partial charge in [-0.1, -0.05) is 6.42 Å². The first-order chi connectivity index (χ1) is 7.74. The Morgan fingerprint density at radius 3 is 2.69 bits per heavy atom. The van der Waals surface area contributed by atoms with Gasteiger partial charge < -0.3 is 19.3 Å². The third-order valence-corrected chi connectivity index (χ3v) is 3.65. The van der Waals surface area contributed by atoms with E-state index in [4.69, 9.17) is 19.3 Å². The van der Waals surface area contributed by atoms with Gasteiger partial charge in [-0.05, 0) is 12.8 Å². The summed E-state index contributed by atoms with van der Waals surface area (Å²) in [6.45, 7) is -0.202. The number of aliphatic hydroxyl groups excluding tert-OH is 1. The van der Waals surface area contributed by atoms with Crippen LogP contribution in [0.5, 0.6) is 0 Å². The van der Waals surface area contributed by atoms with E-state index in [1.165, 1.54) is 6.42 Å². The summed E-state index contributed by atoms with van der Waals surface area (Å²) < 4.78 is 16.6. The molecule has 90 valence electrons. The van der Waals surface area contributed by atoms with Crippen LogP contribution in [0, 0.1) is 0 Å². The molecule has 0 unspecified atom stereocenters. The highest BCUT2D eigenvalue weighted by Gasteiger charge is 2.58. The molecule has 1 N–H and O–H groups in total. The quantitative estimate of drug-likeness (QED) is 0.656. The molecule has 1 spiro atoms. The van der Waals surface area contributed by atoms with Gasteiger partial charge in [0.1, 0.15) is 6.10 Å². The molecule has 5 heteroatoms. The molecule has 0 radical (unpaired) electrons. The zero-order valence-electron chi connectivity index (χ0n) is 9.05. The highest BCUT2D eigenvalue weighted by molar-refractivity contribution is 5.78. The van der Waals surface area contributed by atoms with E-state index in [1.54, 1.807) is 0 Å². The number of fused-ring (bicyclic) bond motifs is 1. The van der Waals surface area contributed by atoms with Gasteiger partial charge in [0.15, 0.2) is 18.0 Å². The number of cyclic esters (lactones) is 1. The second kappa shape index (κ2) is 3.68. The van der Waals surface area contributed by atoms with Crippen LogP contribution in [0.25, 0.3) is 0 Å². The van der Waals surface area contributed by atoms with Gasteiger partial charge >= 0.3 is 5.97 Å². The molecule has 0 aromatic heterocycles. The van der Waals surface area contributed by atoms with Gasteiger partial charge in [0.2, 0.25) is 0 Å². The van der Waals surface area contributed by atoms with Crippen molar-refractivity contribution in [2.75, 3.05) is 6.61 Å². The van der Waals surface area contributed by atoms with Crippen molar-refractivity contribution >= 4 is 5.97 Å². The molecule has 2 heterocycles. The second-order valence-electron chi connectivity index (χ2n) is 4.75. The number of hydrogen-bond donors (Lipinski definition) is 1. The Hall–Kier alpha value is -0.650. The Labute approximate surface area is 93.7 Å². The molecule has 3 atom stereocenters. The zero-order chi connectivity index (χ0) is 11.2. The Morgan fingerprint density at radius 1 is 1.25 bits per heavy atom. The minimum Gasteiger partial charge on any atom is -0.455 e. The SMILES string of the molecule is O=C1O[C@@H](CO)[C@H]2OC3(CCCCC3)O[C@@H]12. The lowest BCUT2D eigenvalue weighted by Crippen LogP contribution is -2.37. The lowest BCUT2D eigenvalue weighted by atomic mass is 9.94. The summed E-state index contributed by atoms with van der Waals surface area (Å²) in [6, 6.07) is 0. The fourth-order valence-electron chi connectivity index (χ4n) is 2.84. The van der Waals surface area contributed by atoms with E-state index in [0.29, 0.717) is 0 Å². The molecule has 2 aliphatic heterocycles. The highest BCUT2D eigenvalue weighted by atomic mass is 16.8. The summed E-state index contributed by atoms with van der Waals surface area (Å²) >= 11 is 0. The normalized spacial score (nSPS) is 41.1. The van der Waals surface area contributed by atoms with E-state index in [1.807, 2.05) is 0 Å². The number of aliphatic hydroxyl groups is 1. The molecule has 16 heavy (non-hydrogen) atoms. The first-order valence-corrected chi connectivity index (χ1v) is 5.91. The molecule has 3 aliphatic rings. The van der Waals surface area contributed by atoms with E-state index >= 15 is 0 Å². The van der Waals surface area contributed by atoms with Crippen LogP contribution in [0.2, 0.25) is 0 Å². The minimum atomic E-state index is -0.629. The molecular formula is C11H16O5. The first-order valence-electron chi connectivity index (χ1n) is 5.91. The zero-order valence-corrected chi connectivity index (χ0v) is 9.05. The third-order valence-electron chi connectivity index (χ3n) is 3.65. The van der Waals surface area contributed by atoms with Crippen molar-refractivity contribution in [2.45, 2.75) is 56.2 Å². The first kappa shape index (κ1) is 10.5. The molecule has 0 aromatic carbocycles. The maximum Gasteiger partial charge on any atom is 0.338 e. The van der Waals surface area contributed by atoms with Crippen LogP contribution in [0.15, 0.2) is 0 Å². The molecular weight excluding hydrogens is 212 g/mol. The van der Waals surface area contributed by atoms with Crippen LogP contribution in [0.3, 0.4) is 0 Å². The lowest BCUT2D eigenvalue weighted by molar-refractivity contribution is -0.217. The third kappa shape index (κ3) is 1.46. The second-order valence-corrected chi connectivity index (χ2v) is 4.75.